The molecule has 0 bridgehead atoms. The summed E-state index contributed by atoms with van der Waals surface area (Å²) in [5, 5.41) is 4.05. The second-order valence-electron chi connectivity index (χ2n) is 8.27. The lowest BCUT2D eigenvalue weighted by molar-refractivity contribution is -0.132. The molecule has 3 heterocycles. The van der Waals surface area contributed by atoms with E-state index >= 15 is 0 Å². The molecule has 2 aromatic rings. The molecule has 2 aliphatic rings. The summed E-state index contributed by atoms with van der Waals surface area (Å²) >= 11 is 0. The molecular formula is C22H28FN3O2. The minimum absolute atomic E-state index is 0.0794. The van der Waals surface area contributed by atoms with Crippen molar-refractivity contribution in [1.29, 1.82) is 0 Å². The van der Waals surface area contributed by atoms with Crippen molar-refractivity contribution in [2.45, 2.75) is 64.6 Å². The average molecular weight is 385 g/mol. The fourth-order valence-corrected chi connectivity index (χ4v) is 4.82. The Kier molecular flexibility index (Phi) is 5.23. The van der Waals surface area contributed by atoms with Crippen molar-refractivity contribution in [2.75, 3.05) is 13.1 Å². The molecule has 1 atom stereocenters. The van der Waals surface area contributed by atoms with Crippen molar-refractivity contribution in [3.8, 4) is 0 Å². The van der Waals surface area contributed by atoms with E-state index in [4.69, 9.17) is 4.52 Å². The fraction of sp³-hybridized carbons (Fsp3) is 0.545. The third-order valence-electron chi connectivity index (χ3n) is 6.48. The predicted octanol–water partition coefficient (Wildman–Crippen LogP) is 3.98. The number of carbonyl (C=O) groups excluding carboxylic acids is 1. The van der Waals surface area contributed by atoms with Crippen LogP contribution in [-0.2, 0) is 17.9 Å². The van der Waals surface area contributed by atoms with Gasteiger partial charge in [0.1, 0.15) is 11.6 Å². The van der Waals surface area contributed by atoms with Crippen LogP contribution in [0.1, 0.15) is 54.7 Å². The quantitative estimate of drug-likeness (QED) is 0.799. The Hall–Kier alpha value is -2.21. The molecule has 2 saturated heterocycles. The second kappa shape index (κ2) is 7.66. The van der Waals surface area contributed by atoms with Gasteiger partial charge in [0.2, 0.25) is 5.91 Å². The number of amides is 1. The lowest BCUT2D eigenvalue weighted by Crippen LogP contribution is -2.46. The van der Waals surface area contributed by atoms with Gasteiger partial charge < -0.3 is 9.42 Å². The Balaban J connectivity index is 1.48. The highest BCUT2D eigenvalue weighted by molar-refractivity contribution is 5.79. The number of aromatic nitrogens is 1. The molecule has 1 aromatic carbocycles. The van der Waals surface area contributed by atoms with Gasteiger partial charge in [-0.2, -0.15) is 0 Å². The second-order valence-corrected chi connectivity index (χ2v) is 8.27. The van der Waals surface area contributed by atoms with E-state index in [-0.39, 0.29) is 17.3 Å². The van der Waals surface area contributed by atoms with E-state index in [1.54, 1.807) is 12.1 Å². The highest BCUT2D eigenvalue weighted by Gasteiger charge is 2.46. The van der Waals surface area contributed by atoms with Crippen LogP contribution in [-0.4, -0.2) is 39.5 Å². The third kappa shape index (κ3) is 3.70. The first-order valence-corrected chi connectivity index (χ1v) is 10.2. The van der Waals surface area contributed by atoms with Crippen LogP contribution in [0.25, 0.3) is 0 Å². The van der Waals surface area contributed by atoms with Crippen LogP contribution in [0, 0.1) is 19.7 Å². The predicted molar refractivity (Wildman–Crippen MR) is 104 cm³/mol. The van der Waals surface area contributed by atoms with Crippen molar-refractivity contribution >= 4 is 5.91 Å². The number of halogens is 1. The van der Waals surface area contributed by atoms with Gasteiger partial charge in [-0.05, 0) is 63.8 Å². The highest BCUT2D eigenvalue weighted by atomic mass is 19.1. The van der Waals surface area contributed by atoms with Gasteiger partial charge in [-0.25, -0.2) is 4.39 Å². The third-order valence-corrected chi connectivity index (χ3v) is 6.48. The molecule has 1 spiro atoms. The smallest absolute Gasteiger partial charge is 0.223 e. The summed E-state index contributed by atoms with van der Waals surface area (Å²) in [5.41, 5.74) is 2.83. The zero-order valence-electron chi connectivity index (χ0n) is 16.7. The Labute approximate surface area is 165 Å². The zero-order chi connectivity index (χ0) is 19.7. The monoisotopic (exact) mass is 385 g/mol. The van der Waals surface area contributed by atoms with E-state index < -0.39 is 0 Å². The van der Waals surface area contributed by atoms with E-state index in [9.17, 15) is 9.18 Å². The Morgan fingerprint density at radius 1 is 1.18 bits per heavy atom. The molecule has 6 heteroatoms. The van der Waals surface area contributed by atoms with Gasteiger partial charge in [0.15, 0.2) is 0 Å². The molecule has 0 unspecified atom stereocenters. The van der Waals surface area contributed by atoms with Crippen LogP contribution in [0.2, 0.25) is 0 Å². The molecule has 0 aliphatic carbocycles. The summed E-state index contributed by atoms with van der Waals surface area (Å²) in [6.45, 7) is 7.09. The van der Waals surface area contributed by atoms with Gasteiger partial charge in [0, 0.05) is 30.6 Å². The van der Waals surface area contributed by atoms with E-state index in [0.717, 1.165) is 67.9 Å². The number of hydrogen-bond donors (Lipinski definition) is 0. The lowest BCUT2D eigenvalue weighted by Gasteiger charge is -2.38. The van der Waals surface area contributed by atoms with Gasteiger partial charge in [0.25, 0.3) is 0 Å². The number of rotatable bonds is 4. The number of benzene rings is 1. The van der Waals surface area contributed by atoms with Crippen LogP contribution in [0.4, 0.5) is 4.39 Å². The van der Waals surface area contributed by atoms with Crippen molar-refractivity contribution in [1.82, 2.24) is 15.0 Å². The van der Waals surface area contributed by atoms with Crippen LogP contribution in [0.5, 0.6) is 0 Å². The molecule has 1 amide bonds. The lowest BCUT2D eigenvalue weighted by atomic mass is 9.87. The molecule has 2 fully saturated rings. The van der Waals surface area contributed by atoms with Crippen molar-refractivity contribution < 1.29 is 13.7 Å². The van der Waals surface area contributed by atoms with E-state index in [0.29, 0.717) is 13.0 Å². The molecule has 1 aromatic heterocycles. The van der Waals surface area contributed by atoms with E-state index in [1.807, 2.05) is 19.9 Å². The summed E-state index contributed by atoms with van der Waals surface area (Å²) in [6.07, 6.45) is 4.55. The minimum Gasteiger partial charge on any atom is -0.361 e. The fourth-order valence-electron chi connectivity index (χ4n) is 4.82. The average Bonchev–Trinajstić information content (AvgIpc) is 3.05. The molecule has 5 nitrogen and oxygen atoms in total. The minimum atomic E-state index is -0.184. The highest BCUT2D eigenvalue weighted by Crippen LogP contribution is 2.40. The van der Waals surface area contributed by atoms with Gasteiger partial charge >= 0.3 is 0 Å². The Morgan fingerprint density at radius 3 is 2.79 bits per heavy atom. The van der Waals surface area contributed by atoms with E-state index in [2.05, 4.69) is 15.0 Å². The maximum Gasteiger partial charge on any atom is 0.223 e. The normalized spacial score (nSPS) is 23.5. The molecule has 28 heavy (non-hydrogen) atoms. The van der Waals surface area contributed by atoms with Crippen LogP contribution >= 0.6 is 0 Å². The number of likely N-dealkylation sites (tertiary alicyclic amines) is 2. The summed E-state index contributed by atoms with van der Waals surface area (Å²) in [6, 6.07) is 6.85. The van der Waals surface area contributed by atoms with Gasteiger partial charge in [0.05, 0.1) is 12.2 Å². The molecular weight excluding hydrogens is 357 g/mol. The molecule has 0 N–H and O–H groups in total. The summed E-state index contributed by atoms with van der Waals surface area (Å²) in [4.78, 5) is 17.2. The molecule has 150 valence electrons. The van der Waals surface area contributed by atoms with Gasteiger partial charge in [-0.3, -0.25) is 9.69 Å². The molecule has 2 aliphatic heterocycles. The summed E-state index contributed by atoms with van der Waals surface area (Å²) < 4.78 is 18.8. The zero-order valence-corrected chi connectivity index (χ0v) is 16.7. The standard InChI is InChI=1S/C22H28FN3O2/c1-16-20(17(2)28-24-16)15-26-21(27)7-9-22(26)8-4-11-25(12-10-22)14-18-5-3-6-19(23)13-18/h3,5-6,13H,4,7-12,14-15H2,1-2H3/t22-/m1/s1. The van der Waals surface area contributed by atoms with Crippen LogP contribution in [0.3, 0.4) is 0 Å². The van der Waals surface area contributed by atoms with Crippen molar-refractivity contribution in [3.05, 3.63) is 52.7 Å². The van der Waals surface area contributed by atoms with E-state index in [1.165, 1.54) is 6.07 Å². The first-order valence-electron chi connectivity index (χ1n) is 10.2. The maximum atomic E-state index is 13.5. The molecule has 0 radical (unpaired) electrons. The van der Waals surface area contributed by atoms with Gasteiger partial charge in [-0.15, -0.1) is 0 Å². The number of nitrogens with zero attached hydrogens (tertiary/aromatic N) is 3. The number of hydrogen-bond acceptors (Lipinski definition) is 4. The largest absolute Gasteiger partial charge is 0.361 e. The van der Waals surface area contributed by atoms with Crippen LogP contribution < -0.4 is 0 Å². The Morgan fingerprint density at radius 2 is 2.04 bits per heavy atom. The number of aryl methyl sites for hydroxylation is 2. The first-order chi connectivity index (χ1) is 13.5. The van der Waals surface area contributed by atoms with Gasteiger partial charge in [-0.1, -0.05) is 17.3 Å². The van der Waals surface area contributed by atoms with Crippen molar-refractivity contribution in [3.63, 3.8) is 0 Å². The SMILES string of the molecule is Cc1noc(C)c1CN1C(=O)CC[C@@]12CCCN(Cc1cccc(F)c1)CC2. The summed E-state index contributed by atoms with van der Waals surface area (Å²) in [7, 11) is 0. The number of carbonyl (C=O) groups is 1. The first kappa shape index (κ1) is 19.1. The molecule has 0 saturated carbocycles. The topological polar surface area (TPSA) is 49.6 Å². The van der Waals surface area contributed by atoms with Crippen molar-refractivity contribution in [2.24, 2.45) is 0 Å². The maximum absolute atomic E-state index is 13.5. The Bertz CT molecular complexity index is 846. The summed E-state index contributed by atoms with van der Waals surface area (Å²) in [5.74, 6) is 0.850. The van der Waals surface area contributed by atoms with Crippen LogP contribution in [0.15, 0.2) is 28.8 Å². The molecule has 4 rings (SSSR count).